The molecular formula is C11H14ClNO3. The molecule has 1 amide bonds. The van der Waals surface area contributed by atoms with Crippen LogP contribution < -0.4 is 9.64 Å². The molecule has 5 heteroatoms. The number of rotatable bonds is 4. The Bertz CT molecular complexity index is 381. The van der Waals surface area contributed by atoms with Crippen LogP contribution >= 0.6 is 11.6 Å². The number of carbonyl (C=O) groups excluding carboxylic acids is 1. The van der Waals surface area contributed by atoms with E-state index in [2.05, 4.69) is 0 Å². The van der Waals surface area contributed by atoms with Gasteiger partial charge in [0, 0.05) is 12.7 Å². The van der Waals surface area contributed by atoms with Gasteiger partial charge in [-0.25, -0.2) is 0 Å². The molecule has 1 aromatic rings. The van der Waals surface area contributed by atoms with Gasteiger partial charge in [0.25, 0.3) is 5.91 Å². The quantitative estimate of drug-likeness (QED) is 0.876. The van der Waals surface area contributed by atoms with E-state index < -0.39 is 6.61 Å². The van der Waals surface area contributed by atoms with Crippen molar-refractivity contribution in [2.45, 2.75) is 6.92 Å². The predicted molar refractivity (Wildman–Crippen MR) is 63.1 cm³/mol. The molecule has 0 aliphatic heterocycles. The lowest BCUT2D eigenvalue weighted by Crippen LogP contribution is -2.28. The van der Waals surface area contributed by atoms with E-state index in [0.29, 0.717) is 23.1 Å². The molecule has 0 bridgehead atoms. The highest BCUT2D eigenvalue weighted by atomic mass is 35.5. The third-order valence-corrected chi connectivity index (χ3v) is 2.41. The number of ether oxygens (including phenoxy) is 1. The number of anilines is 1. The summed E-state index contributed by atoms with van der Waals surface area (Å²) >= 11 is 5.97. The lowest BCUT2D eigenvalue weighted by atomic mass is 10.2. The van der Waals surface area contributed by atoms with Crippen molar-refractivity contribution < 1.29 is 14.6 Å². The molecule has 0 radical (unpaired) electrons. The standard InChI is InChI=1S/C11H14ClNO3/c1-3-16-10-5-4-8(6-9(10)12)13(2)11(15)7-14/h4-6,14H,3,7H2,1-2H3. The van der Waals surface area contributed by atoms with E-state index in [9.17, 15) is 4.79 Å². The second kappa shape index (κ2) is 5.72. The van der Waals surface area contributed by atoms with Crippen molar-refractivity contribution in [1.29, 1.82) is 0 Å². The van der Waals surface area contributed by atoms with Crippen molar-refractivity contribution in [3.63, 3.8) is 0 Å². The monoisotopic (exact) mass is 243 g/mol. The second-order valence-corrected chi connectivity index (χ2v) is 3.57. The Morgan fingerprint density at radius 3 is 2.75 bits per heavy atom. The number of likely N-dealkylation sites (N-methyl/N-ethyl adjacent to an activating group) is 1. The Morgan fingerprint density at radius 1 is 1.56 bits per heavy atom. The van der Waals surface area contributed by atoms with Gasteiger partial charge in [-0.3, -0.25) is 4.79 Å². The Labute approximate surface area is 99.4 Å². The summed E-state index contributed by atoms with van der Waals surface area (Å²) in [6.45, 7) is 1.87. The van der Waals surface area contributed by atoms with Crippen LogP contribution in [-0.4, -0.2) is 31.3 Å². The number of amides is 1. The lowest BCUT2D eigenvalue weighted by molar-refractivity contribution is -0.120. The van der Waals surface area contributed by atoms with Gasteiger partial charge in [-0.05, 0) is 25.1 Å². The van der Waals surface area contributed by atoms with Gasteiger partial charge in [-0.15, -0.1) is 0 Å². The molecule has 0 saturated heterocycles. The van der Waals surface area contributed by atoms with Crippen LogP contribution in [0.5, 0.6) is 5.75 Å². The van der Waals surface area contributed by atoms with Gasteiger partial charge in [0.15, 0.2) is 0 Å². The van der Waals surface area contributed by atoms with Crippen LogP contribution in [0.15, 0.2) is 18.2 Å². The minimum Gasteiger partial charge on any atom is -0.492 e. The molecule has 0 aliphatic rings. The Morgan fingerprint density at radius 2 is 2.25 bits per heavy atom. The minimum absolute atomic E-state index is 0.389. The summed E-state index contributed by atoms with van der Waals surface area (Å²) < 4.78 is 5.27. The topological polar surface area (TPSA) is 49.8 Å². The summed E-state index contributed by atoms with van der Waals surface area (Å²) in [5.41, 5.74) is 0.618. The molecule has 0 heterocycles. The Hall–Kier alpha value is -1.26. The zero-order valence-electron chi connectivity index (χ0n) is 9.24. The fraction of sp³-hybridized carbons (Fsp3) is 0.364. The summed E-state index contributed by atoms with van der Waals surface area (Å²) in [6.07, 6.45) is 0. The third kappa shape index (κ3) is 2.87. The lowest BCUT2D eigenvalue weighted by Gasteiger charge is -2.17. The van der Waals surface area contributed by atoms with Crippen LogP contribution in [0.4, 0.5) is 5.69 Å². The van der Waals surface area contributed by atoms with Crippen LogP contribution in [0.3, 0.4) is 0 Å². The van der Waals surface area contributed by atoms with E-state index in [1.807, 2.05) is 6.92 Å². The van der Waals surface area contributed by atoms with E-state index in [-0.39, 0.29) is 5.91 Å². The minimum atomic E-state index is -0.526. The van der Waals surface area contributed by atoms with E-state index in [1.165, 1.54) is 4.90 Å². The fourth-order valence-electron chi connectivity index (χ4n) is 1.22. The number of carbonyl (C=O) groups is 1. The van der Waals surface area contributed by atoms with Crippen LogP contribution in [0, 0.1) is 0 Å². The number of nitrogens with zero attached hydrogens (tertiary/aromatic N) is 1. The van der Waals surface area contributed by atoms with Crippen LogP contribution in [0.1, 0.15) is 6.92 Å². The van der Waals surface area contributed by atoms with Crippen LogP contribution in [0.25, 0.3) is 0 Å². The van der Waals surface area contributed by atoms with E-state index in [4.69, 9.17) is 21.4 Å². The summed E-state index contributed by atoms with van der Waals surface area (Å²) in [5, 5.41) is 9.17. The average Bonchev–Trinajstić information content (AvgIpc) is 2.30. The van der Waals surface area contributed by atoms with Crippen LogP contribution in [0.2, 0.25) is 5.02 Å². The number of halogens is 1. The fourth-order valence-corrected chi connectivity index (χ4v) is 1.45. The van der Waals surface area contributed by atoms with Crippen molar-refractivity contribution in [3.8, 4) is 5.75 Å². The molecule has 1 rings (SSSR count). The molecule has 1 aromatic carbocycles. The maximum Gasteiger partial charge on any atom is 0.252 e. The van der Waals surface area contributed by atoms with Gasteiger partial charge in [-0.2, -0.15) is 0 Å². The largest absolute Gasteiger partial charge is 0.492 e. The second-order valence-electron chi connectivity index (χ2n) is 3.16. The van der Waals surface area contributed by atoms with Gasteiger partial charge in [0.05, 0.1) is 11.6 Å². The molecular weight excluding hydrogens is 230 g/mol. The van der Waals surface area contributed by atoms with Gasteiger partial charge in [0.1, 0.15) is 12.4 Å². The maximum absolute atomic E-state index is 11.2. The third-order valence-electron chi connectivity index (χ3n) is 2.11. The molecule has 16 heavy (non-hydrogen) atoms. The van der Waals surface area contributed by atoms with Gasteiger partial charge in [-0.1, -0.05) is 11.6 Å². The number of benzene rings is 1. The molecule has 0 aliphatic carbocycles. The number of aliphatic hydroxyl groups excluding tert-OH is 1. The molecule has 88 valence electrons. The molecule has 4 nitrogen and oxygen atoms in total. The van der Waals surface area contributed by atoms with Crippen molar-refractivity contribution >= 4 is 23.2 Å². The van der Waals surface area contributed by atoms with Gasteiger partial charge in [0.2, 0.25) is 0 Å². The first-order chi connectivity index (χ1) is 7.60. The maximum atomic E-state index is 11.2. The highest BCUT2D eigenvalue weighted by molar-refractivity contribution is 6.32. The van der Waals surface area contributed by atoms with Crippen LogP contribution in [-0.2, 0) is 4.79 Å². The molecule has 0 atom stereocenters. The molecule has 0 fully saturated rings. The van der Waals surface area contributed by atoms with Crippen molar-refractivity contribution in [1.82, 2.24) is 0 Å². The smallest absolute Gasteiger partial charge is 0.252 e. The average molecular weight is 244 g/mol. The molecule has 1 N–H and O–H groups in total. The summed E-state index contributed by atoms with van der Waals surface area (Å²) in [6, 6.07) is 5.03. The van der Waals surface area contributed by atoms with Crippen molar-refractivity contribution in [2.24, 2.45) is 0 Å². The Kier molecular flexibility index (Phi) is 4.58. The normalized spacial score (nSPS) is 10.0. The zero-order chi connectivity index (χ0) is 12.1. The number of hydrogen-bond donors (Lipinski definition) is 1. The van der Waals surface area contributed by atoms with E-state index >= 15 is 0 Å². The predicted octanol–water partition coefficient (Wildman–Crippen LogP) is 1.69. The van der Waals surface area contributed by atoms with Crippen molar-refractivity contribution in [2.75, 3.05) is 25.2 Å². The number of aliphatic hydroxyl groups is 1. The highest BCUT2D eigenvalue weighted by Crippen LogP contribution is 2.29. The zero-order valence-corrected chi connectivity index (χ0v) is 9.99. The first-order valence-electron chi connectivity index (χ1n) is 4.90. The van der Waals surface area contributed by atoms with E-state index in [0.717, 1.165) is 0 Å². The number of hydrogen-bond acceptors (Lipinski definition) is 3. The van der Waals surface area contributed by atoms with E-state index in [1.54, 1.807) is 25.2 Å². The molecule has 0 spiro atoms. The summed E-state index contributed by atoms with van der Waals surface area (Å²) in [4.78, 5) is 12.6. The van der Waals surface area contributed by atoms with Gasteiger partial charge < -0.3 is 14.7 Å². The molecule has 0 saturated carbocycles. The first kappa shape index (κ1) is 12.8. The highest BCUT2D eigenvalue weighted by Gasteiger charge is 2.11. The molecule has 0 unspecified atom stereocenters. The Balaban J connectivity index is 2.92. The first-order valence-corrected chi connectivity index (χ1v) is 5.27. The molecule has 0 aromatic heterocycles. The SMILES string of the molecule is CCOc1ccc(N(C)C(=O)CO)cc1Cl. The summed E-state index contributed by atoms with van der Waals surface area (Å²) in [7, 11) is 1.57. The van der Waals surface area contributed by atoms with Crippen molar-refractivity contribution in [3.05, 3.63) is 23.2 Å². The van der Waals surface area contributed by atoms with Gasteiger partial charge >= 0.3 is 0 Å². The summed E-state index contributed by atoms with van der Waals surface area (Å²) in [5.74, 6) is 0.193.